The second-order valence-electron chi connectivity index (χ2n) is 3.24. The molecule has 1 aromatic rings. The summed E-state index contributed by atoms with van der Waals surface area (Å²) >= 11 is 1.60. The summed E-state index contributed by atoms with van der Waals surface area (Å²) in [4.78, 5) is 0. The van der Waals surface area contributed by atoms with Gasteiger partial charge in [0.05, 0.1) is 0 Å². The van der Waals surface area contributed by atoms with Gasteiger partial charge in [-0.3, -0.25) is 0 Å². The Labute approximate surface area is 83.3 Å². The molecule has 1 N–H and O–H groups in total. The minimum absolute atomic E-state index is 0.627. The predicted molar refractivity (Wildman–Crippen MR) is 57.1 cm³/mol. The van der Waals surface area contributed by atoms with E-state index in [1.807, 2.05) is 18.4 Å². The van der Waals surface area contributed by atoms with Gasteiger partial charge < -0.3 is 5.32 Å². The number of thioether (sulfide) groups is 1. The number of hydrogen-bond donors (Lipinski definition) is 1. The van der Waals surface area contributed by atoms with E-state index >= 15 is 0 Å². The van der Waals surface area contributed by atoms with E-state index in [1.54, 1.807) is 11.8 Å². The molecule has 0 spiro atoms. The van der Waals surface area contributed by atoms with Gasteiger partial charge in [0.2, 0.25) is 0 Å². The van der Waals surface area contributed by atoms with Crippen molar-refractivity contribution in [3.05, 3.63) is 12.1 Å². The first kappa shape index (κ1) is 10.3. The fourth-order valence-corrected chi connectivity index (χ4v) is 1.16. The maximum absolute atomic E-state index is 4.04. The lowest BCUT2D eigenvalue weighted by Gasteiger charge is -2.06. The molecule has 0 aliphatic carbocycles. The third-order valence-corrected chi connectivity index (χ3v) is 2.18. The molecule has 0 aromatic carbocycles. The third kappa shape index (κ3) is 3.63. The first-order chi connectivity index (χ1) is 6.22. The number of anilines is 1. The van der Waals surface area contributed by atoms with Crippen LogP contribution in [0.1, 0.15) is 13.8 Å². The molecule has 0 amide bonds. The molecule has 3 nitrogen and oxygen atoms in total. The van der Waals surface area contributed by atoms with E-state index < -0.39 is 0 Å². The van der Waals surface area contributed by atoms with Crippen LogP contribution in [0.5, 0.6) is 0 Å². The summed E-state index contributed by atoms with van der Waals surface area (Å²) in [7, 11) is 0. The Kier molecular flexibility index (Phi) is 4.02. The third-order valence-electron chi connectivity index (χ3n) is 1.54. The zero-order chi connectivity index (χ0) is 9.68. The van der Waals surface area contributed by atoms with Gasteiger partial charge in [0, 0.05) is 6.54 Å². The minimum Gasteiger partial charge on any atom is -0.368 e. The van der Waals surface area contributed by atoms with Gasteiger partial charge in [0.1, 0.15) is 10.8 Å². The van der Waals surface area contributed by atoms with E-state index in [9.17, 15) is 0 Å². The van der Waals surface area contributed by atoms with Crippen LogP contribution in [0.25, 0.3) is 0 Å². The fraction of sp³-hybridized carbons (Fsp3) is 0.556. The summed E-state index contributed by atoms with van der Waals surface area (Å²) in [5.74, 6) is 1.48. The fourth-order valence-electron chi connectivity index (χ4n) is 0.832. The van der Waals surface area contributed by atoms with Crippen LogP contribution in [0.4, 0.5) is 5.82 Å². The average Bonchev–Trinajstić information content (AvgIpc) is 2.15. The van der Waals surface area contributed by atoms with Crippen LogP contribution >= 0.6 is 11.8 Å². The van der Waals surface area contributed by atoms with Crippen molar-refractivity contribution in [1.29, 1.82) is 0 Å². The van der Waals surface area contributed by atoms with Crippen LogP contribution in [0.3, 0.4) is 0 Å². The van der Waals surface area contributed by atoms with E-state index in [1.165, 1.54) is 0 Å². The van der Waals surface area contributed by atoms with Crippen LogP contribution in [-0.2, 0) is 0 Å². The van der Waals surface area contributed by atoms with Gasteiger partial charge in [-0.15, -0.1) is 22.0 Å². The molecule has 72 valence electrons. The summed E-state index contributed by atoms with van der Waals surface area (Å²) in [6, 6.07) is 3.93. The monoisotopic (exact) mass is 197 g/mol. The SMILES string of the molecule is CSc1ccc(NCC(C)C)nn1. The summed E-state index contributed by atoms with van der Waals surface area (Å²) in [5, 5.41) is 12.2. The molecule has 0 radical (unpaired) electrons. The second-order valence-corrected chi connectivity index (χ2v) is 4.06. The van der Waals surface area contributed by atoms with Crippen LogP contribution in [0.15, 0.2) is 17.2 Å². The first-order valence-corrected chi connectivity index (χ1v) is 5.56. The molecule has 1 heterocycles. The quantitative estimate of drug-likeness (QED) is 0.751. The zero-order valence-electron chi connectivity index (χ0n) is 8.24. The molecular weight excluding hydrogens is 182 g/mol. The van der Waals surface area contributed by atoms with Gasteiger partial charge in [0.15, 0.2) is 0 Å². The highest BCUT2D eigenvalue weighted by Crippen LogP contribution is 2.11. The van der Waals surface area contributed by atoms with Gasteiger partial charge in [-0.05, 0) is 24.3 Å². The highest BCUT2D eigenvalue weighted by Gasteiger charge is 1.97. The van der Waals surface area contributed by atoms with Gasteiger partial charge >= 0.3 is 0 Å². The Hall–Kier alpha value is -0.770. The van der Waals surface area contributed by atoms with Crippen molar-refractivity contribution in [3.63, 3.8) is 0 Å². The van der Waals surface area contributed by atoms with Gasteiger partial charge in [-0.25, -0.2) is 0 Å². The largest absolute Gasteiger partial charge is 0.368 e. The molecule has 0 aliphatic heterocycles. The Morgan fingerprint density at radius 3 is 2.62 bits per heavy atom. The Morgan fingerprint density at radius 2 is 2.15 bits per heavy atom. The van der Waals surface area contributed by atoms with E-state index in [-0.39, 0.29) is 0 Å². The van der Waals surface area contributed by atoms with E-state index in [2.05, 4.69) is 29.4 Å². The Balaban J connectivity index is 2.49. The molecule has 13 heavy (non-hydrogen) atoms. The minimum atomic E-state index is 0.627. The van der Waals surface area contributed by atoms with Crippen LogP contribution in [-0.4, -0.2) is 23.0 Å². The molecule has 0 aliphatic rings. The smallest absolute Gasteiger partial charge is 0.148 e. The van der Waals surface area contributed by atoms with Crippen LogP contribution in [0.2, 0.25) is 0 Å². The molecule has 0 fully saturated rings. The molecular formula is C9H15N3S. The summed E-state index contributed by atoms with van der Waals surface area (Å²) in [6.45, 7) is 5.26. The zero-order valence-corrected chi connectivity index (χ0v) is 9.06. The second kappa shape index (κ2) is 5.07. The van der Waals surface area contributed by atoms with Crippen molar-refractivity contribution in [2.24, 2.45) is 5.92 Å². The number of rotatable bonds is 4. The maximum atomic E-state index is 4.04. The van der Waals surface area contributed by atoms with Gasteiger partial charge in [-0.1, -0.05) is 13.8 Å². The standard InChI is InChI=1S/C9H15N3S/c1-7(2)6-10-8-4-5-9(13-3)12-11-8/h4-5,7H,6H2,1-3H3,(H,10,11). The predicted octanol–water partition coefficient (Wildman–Crippen LogP) is 2.27. The Bertz CT molecular complexity index is 246. The molecule has 4 heteroatoms. The lowest BCUT2D eigenvalue weighted by Crippen LogP contribution is -2.09. The van der Waals surface area contributed by atoms with Crippen LogP contribution < -0.4 is 5.32 Å². The molecule has 0 bridgehead atoms. The molecule has 1 rings (SSSR count). The number of nitrogens with zero attached hydrogens (tertiary/aromatic N) is 2. The van der Waals surface area contributed by atoms with Crippen molar-refractivity contribution in [2.45, 2.75) is 18.9 Å². The topological polar surface area (TPSA) is 37.8 Å². The van der Waals surface area contributed by atoms with Crippen molar-refractivity contribution < 1.29 is 0 Å². The molecule has 0 saturated heterocycles. The first-order valence-electron chi connectivity index (χ1n) is 4.34. The normalized spacial score (nSPS) is 10.5. The highest BCUT2D eigenvalue weighted by molar-refractivity contribution is 7.98. The maximum Gasteiger partial charge on any atom is 0.148 e. The lowest BCUT2D eigenvalue weighted by atomic mass is 10.2. The van der Waals surface area contributed by atoms with E-state index in [0.29, 0.717) is 5.92 Å². The highest BCUT2D eigenvalue weighted by atomic mass is 32.2. The van der Waals surface area contributed by atoms with Gasteiger partial charge in [-0.2, -0.15) is 0 Å². The number of hydrogen-bond acceptors (Lipinski definition) is 4. The summed E-state index contributed by atoms with van der Waals surface area (Å²) in [5.41, 5.74) is 0. The van der Waals surface area contributed by atoms with Gasteiger partial charge in [0.25, 0.3) is 0 Å². The summed E-state index contributed by atoms with van der Waals surface area (Å²) in [6.07, 6.45) is 1.99. The molecule has 0 unspecified atom stereocenters. The number of aromatic nitrogens is 2. The molecule has 0 saturated carbocycles. The average molecular weight is 197 g/mol. The molecule has 0 atom stereocenters. The van der Waals surface area contributed by atoms with E-state index in [4.69, 9.17) is 0 Å². The Morgan fingerprint density at radius 1 is 1.38 bits per heavy atom. The van der Waals surface area contributed by atoms with Crippen molar-refractivity contribution >= 4 is 17.6 Å². The van der Waals surface area contributed by atoms with Crippen molar-refractivity contribution in [2.75, 3.05) is 18.1 Å². The van der Waals surface area contributed by atoms with Crippen molar-refractivity contribution in [3.8, 4) is 0 Å². The van der Waals surface area contributed by atoms with Crippen LogP contribution in [0, 0.1) is 5.92 Å². The van der Waals surface area contributed by atoms with Crippen molar-refractivity contribution in [1.82, 2.24) is 10.2 Å². The lowest BCUT2D eigenvalue weighted by molar-refractivity contribution is 0.685. The summed E-state index contributed by atoms with van der Waals surface area (Å²) < 4.78 is 0. The number of nitrogens with one attached hydrogen (secondary N) is 1. The van der Waals surface area contributed by atoms with E-state index in [0.717, 1.165) is 17.4 Å². The molecule has 1 aromatic heterocycles.